The van der Waals surface area contributed by atoms with Crippen LogP contribution in [0.1, 0.15) is 41.9 Å². The van der Waals surface area contributed by atoms with Gasteiger partial charge >= 0.3 is 0 Å². The molecule has 0 amide bonds. The first-order valence-electron chi connectivity index (χ1n) is 6.21. The molecule has 88 valence electrons. The highest BCUT2D eigenvalue weighted by Crippen LogP contribution is 2.47. The van der Waals surface area contributed by atoms with Crippen molar-refractivity contribution < 1.29 is 0 Å². The zero-order valence-corrected chi connectivity index (χ0v) is 11.2. The maximum atomic E-state index is 6.36. The molecule has 0 radical (unpaired) electrons. The van der Waals surface area contributed by atoms with Crippen LogP contribution < -0.4 is 0 Å². The van der Waals surface area contributed by atoms with Crippen molar-refractivity contribution in [3.05, 3.63) is 21.4 Å². The SMILES string of the molecule is CC1CC1c1nc(Cl)c2c3c(sc2n1)CCC3. The predicted octanol–water partition coefficient (Wildman–Crippen LogP) is 3.96. The van der Waals surface area contributed by atoms with Crippen molar-refractivity contribution in [2.75, 3.05) is 0 Å². The summed E-state index contributed by atoms with van der Waals surface area (Å²) >= 11 is 8.19. The molecule has 17 heavy (non-hydrogen) atoms. The summed E-state index contributed by atoms with van der Waals surface area (Å²) in [5, 5.41) is 1.82. The lowest BCUT2D eigenvalue weighted by atomic mass is 10.2. The molecule has 0 aliphatic heterocycles. The second kappa shape index (κ2) is 3.42. The van der Waals surface area contributed by atoms with Crippen LogP contribution in [-0.4, -0.2) is 9.97 Å². The summed E-state index contributed by atoms with van der Waals surface area (Å²) in [5.74, 6) is 2.25. The third-order valence-electron chi connectivity index (χ3n) is 3.98. The molecule has 2 heterocycles. The number of rotatable bonds is 1. The second-order valence-electron chi connectivity index (χ2n) is 5.23. The molecule has 1 fully saturated rings. The van der Waals surface area contributed by atoms with Crippen LogP contribution in [0, 0.1) is 5.92 Å². The quantitative estimate of drug-likeness (QED) is 0.729. The topological polar surface area (TPSA) is 25.8 Å². The Morgan fingerprint density at radius 2 is 2.12 bits per heavy atom. The van der Waals surface area contributed by atoms with E-state index in [1.807, 2.05) is 11.3 Å². The maximum Gasteiger partial charge on any atom is 0.141 e. The van der Waals surface area contributed by atoms with E-state index in [2.05, 4.69) is 11.9 Å². The molecule has 4 heteroatoms. The first kappa shape index (κ1) is 10.3. The average molecular weight is 265 g/mol. The van der Waals surface area contributed by atoms with Crippen molar-refractivity contribution in [3.63, 3.8) is 0 Å². The van der Waals surface area contributed by atoms with Gasteiger partial charge in [-0.1, -0.05) is 18.5 Å². The summed E-state index contributed by atoms with van der Waals surface area (Å²) in [7, 11) is 0. The Kier molecular flexibility index (Phi) is 2.07. The number of aryl methyl sites for hydroxylation is 2. The zero-order chi connectivity index (χ0) is 11.6. The molecule has 0 bridgehead atoms. The highest BCUT2D eigenvalue weighted by molar-refractivity contribution is 7.19. The van der Waals surface area contributed by atoms with Gasteiger partial charge in [-0.05, 0) is 37.2 Å². The standard InChI is InChI=1S/C13H13ClN2S/c1-6-5-8(6)12-15-11(14)10-7-3-2-4-9(7)17-13(10)16-12/h6,8H,2-5H2,1H3. The number of fused-ring (bicyclic) bond motifs is 3. The van der Waals surface area contributed by atoms with Gasteiger partial charge in [0.1, 0.15) is 15.8 Å². The monoisotopic (exact) mass is 264 g/mol. The highest BCUT2D eigenvalue weighted by atomic mass is 35.5. The summed E-state index contributed by atoms with van der Waals surface area (Å²) in [6, 6.07) is 0. The number of nitrogens with zero attached hydrogens (tertiary/aromatic N) is 2. The van der Waals surface area contributed by atoms with Gasteiger partial charge in [-0.3, -0.25) is 0 Å². The number of hydrogen-bond donors (Lipinski definition) is 0. The van der Waals surface area contributed by atoms with Crippen LogP contribution in [0.4, 0.5) is 0 Å². The van der Waals surface area contributed by atoms with Gasteiger partial charge in [0, 0.05) is 10.8 Å². The van der Waals surface area contributed by atoms with Crippen molar-refractivity contribution in [3.8, 4) is 0 Å². The Morgan fingerprint density at radius 3 is 2.88 bits per heavy atom. The van der Waals surface area contributed by atoms with Crippen molar-refractivity contribution >= 4 is 33.2 Å². The molecule has 2 atom stereocenters. The van der Waals surface area contributed by atoms with Crippen molar-refractivity contribution in [1.82, 2.24) is 9.97 Å². The van der Waals surface area contributed by atoms with Crippen LogP contribution >= 0.6 is 22.9 Å². The van der Waals surface area contributed by atoms with Gasteiger partial charge < -0.3 is 0 Å². The fourth-order valence-electron chi connectivity index (χ4n) is 2.81. The minimum Gasteiger partial charge on any atom is -0.222 e. The number of aromatic nitrogens is 2. The van der Waals surface area contributed by atoms with E-state index in [-0.39, 0.29) is 0 Å². The Bertz CT molecular complexity index is 619. The molecule has 2 aliphatic carbocycles. The normalized spacial score (nSPS) is 26.5. The largest absolute Gasteiger partial charge is 0.222 e. The lowest BCUT2D eigenvalue weighted by molar-refractivity contribution is 0.852. The van der Waals surface area contributed by atoms with E-state index < -0.39 is 0 Å². The van der Waals surface area contributed by atoms with Gasteiger partial charge in [0.25, 0.3) is 0 Å². The van der Waals surface area contributed by atoms with Gasteiger partial charge in [0.05, 0.1) is 5.39 Å². The minimum absolute atomic E-state index is 0.550. The summed E-state index contributed by atoms with van der Waals surface area (Å²) < 4.78 is 0. The van der Waals surface area contributed by atoms with Crippen LogP contribution in [0.25, 0.3) is 10.2 Å². The molecule has 0 N–H and O–H groups in total. The average Bonchev–Trinajstić information content (AvgIpc) is 2.72. The summed E-state index contributed by atoms with van der Waals surface area (Å²) in [4.78, 5) is 11.9. The van der Waals surface area contributed by atoms with E-state index in [9.17, 15) is 0 Å². The number of halogens is 1. The van der Waals surface area contributed by atoms with E-state index in [4.69, 9.17) is 16.6 Å². The fraction of sp³-hybridized carbons (Fsp3) is 0.538. The maximum absolute atomic E-state index is 6.36. The summed E-state index contributed by atoms with van der Waals surface area (Å²) in [6.45, 7) is 2.25. The fourth-order valence-corrected chi connectivity index (χ4v) is 4.43. The Balaban J connectivity index is 1.94. The number of hydrogen-bond acceptors (Lipinski definition) is 3. The van der Waals surface area contributed by atoms with E-state index in [1.165, 1.54) is 29.7 Å². The molecule has 2 aromatic rings. The molecule has 2 nitrogen and oxygen atoms in total. The molecule has 0 saturated heterocycles. The molecule has 0 spiro atoms. The van der Waals surface area contributed by atoms with Crippen LogP contribution in [0.3, 0.4) is 0 Å². The van der Waals surface area contributed by atoms with E-state index in [0.29, 0.717) is 11.1 Å². The molecule has 4 rings (SSSR count). The lowest BCUT2D eigenvalue weighted by Gasteiger charge is -2.01. The van der Waals surface area contributed by atoms with Crippen molar-refractivity contribution in [1.29, 1.82) is 0 Å². The second-order valence-corrected chi connectivity index (χ2v) is 6.67. The van der Waals surface area contributed by atoms with E-state index in [1.54, 1.807) is 0 Å². The molecule has 0 aromatic carbocycles. The first-order chi connectivity index (χ1) is 8.24. The minimum atomic E-state index is 0.550. The summed E-state index contributed by atoms with van der Waals surface area (Å²) in [6.07, 6.45) is 4.82. The zero-order valence-electron chi connectivity index (χ0n) is 9.66. The molecule has 2 aliphatic rings. The van der Waals surface area contributed by atoms with Crippen LogP contribution in [0.5, 0.6) is 0 Å². The molecular weight excluding hydrogens is 252 g/mol. The van der Waals surface area contributed by atoms with E-state index >= 15 is 0 Å². The highest BCUT2D eigenvalue weighted by Gasteiger charge is 2.37. The van der Waals surface area contributed by atoms with E-state index in [0.717, 1.165) is 28.4 Å². The Labute approximate surface area is 109 Å². The van der Waals surface area contributed by atoms with Crippen LogP contribution in [-0.2, 0) is 12.8 Å². The van der Waals surface area contributed by atoms with Gasteiger partial charge in [-0.2, -0.15) is 0 Å². The van der Waals surface area contributed by atoms with Gasteiger partial charge in [0.15, 0.2) is 0 Å². The Hall–Kier alpha value is -0.670. The van der Waals surface area contributed by atoms with Crippen molar-refractivity contribution in [2.45, 2.75) is 38.5 Å². The molecular formula is C13H13ClN2S. The molecule has 2 unspecified atom stereocenters. The molecule has 2 aromatic heterocycles. The Morgan fingerprint density at radius 1 is 1.29 bits per heavy atom. The van der Waals surface area contributed by atoms with Crippen LogP contribution in [0.2, 0.25) is 5.15 Å². The summed E-state index contributed by atoms with van der Waals surface area (Å²) in [5.41, 5.74) is 1.42. The van der Waals surface area contributed by atoms with Crippen molar-refractivity contribution in [2.24, 2.45) is 5.92 Å². The first-order valence-corrected chi connectivity index (χ1v) is 7.41. The third kappa shape index (κ3) is 1.45. The predicted molar refractivity (Wildman–Crippen MR) is 71.0 cm³/mol. The number of thiophene rings is 1. The molecule has 1 saturated carbocycles. The van der Waals surface area contributed by atoms with Gasteiger partial charge in [-0.25, -0.2) is 9.97 Å². The van der Waals surface area contributed by atoms with Crippen LogP contribution in [0.15, 0.2) is 0 Å². The third-order valence-corrected chi connectivity index (χ3v) is 5.44. The lowest BCUT2D eigenvalue weighted by Crippen LogP contribution is -1.94. The van der Waals surface area contributed by atoms with Gasteiger partial charge in [-0.15, -0.1) is 11.3 Å². The smallest absolute Gasteiger partial charge is 0.141 e. The van der Waals surface area contributed by atoms with Gasteiger partial charge in [0.2, 0.25) is 0 Å².